The van der Waals surface area contributed by atoms with Gasteiger partial charge in [-0.2, -0.15) is 0 Å². The van der Waals surface area contributed by atoms with Crippen LogP contribution < -0.4 is 5.73 Å². The van der Waals surface area contributed by atoms with Gasteiger partial charge < -0.3 is 15.6 Å². The number of nitrogens with two attached hydrogens (primary N) is 1. The van der Waals surface area contributed by atoms with Crippen LogP contribution in [0.25, 0.3) is 0 Å². The van der Waals surface area contributed by atoms with Crippen molar-refractivity contribution in [2.75, 3.05) is 13.2 Å². The first-order chi connectivity index (χ1) is 15.6. The van der Waals surface area contributed by atoms with Crippen molar-refractivity contribution in [2.24, 2.45) is 28.9 Å². The van der Waals surface area contributed by atoms with E-state index in [0.29, 0.717) is 18.1 Å². The maximum Gasteiger partial charge on any atom is 0.0618 e. The summed E-state index contributed by atoms with van der Waals surface area (Å²) in [6, 6.07) is 0. The molecule has 0 radical (unpaired) electrons. The van der Waals surface area contributed by atoms with Crippen LogP contribution in [-0.2, 0) is 4.74 Å². The molecule has 0 saturated heterocycles. The van der Waals surface area contributed by atoms with E-state index in [9.17, 15) is 5.11 Å². The molecule has 3 saturated carbocycles. The smallest absolute Gasteiger partial charge is 0.0618 e. The van der Waals surface area contributed by atoms with E-state index in [0.717, 1.165) is 62.9 Å². The lowest BCUT2D eigenvalue weighted by Crippen LogP contribution is -2.36. The second-order valence-corrected chi connectivity index (χ2v) is 12.2. The Kier molecular flexibility index (Phi) is 9.46. The summed E-state index contributed by atoms with van der Waals surface area (Å²) in [6.45, 7) is 14.8. The summed E-state index contributed by atoms with van der Waals surface area (Å²) in [5.41, 5.74) is 9.91. The van der Waals surface area contributed by atoms with Gasteiger partial charge in [0.15, 0.2) is 0 Å². The van der Waals surface area contributed by atoms with Crippen LogP contribution in [0.4, 0.5) is 0 Å². The van der Waals surface area contributed by atoms with E-state index in [1.165, 1.54) is 49.7 Å². The Balaban J connectivity index is 1.64. The molecule has 33 heavy (non-hydrogen) atoms. The van der Waals surface area contributed by atoms with Crippen LogP contribution in [0.2, 0.25) is 0 Å². The SMILES string of the molecule is C=C1CC[C@H](OCCCN)C/C1=C\C=C1/CCC[C@]2(C)[C@@H]([C@H](C)CCCC(C)(C)O)CC[C@@H]12. The molecular weight excluding hydrogens is 406 g/mol. The second-order valence-electron chi connectivity index (χ2n) is 12.2. The number of allylic oxidation sites excluding steroid dienone is 4. The number of fused-ring (bicyclic) bond motifs is 1. The topological polar surface area (TPSA) is 55.5 Å². The molecule has 3 rings (SSSR count). The molecular formula is C30H51NO2. The average molecular weight is 458 g/mol. The molecule has 0 spiro atoms. The summed E-state index contributed by atoms with van der Waals surface area (Å²) in [5, 5.41) is 10.1. The van der Waals surface area contributed by atoms with Crippen molar-refractivity contribution < 1.29 is 9.84 Å². The lowest BCUT2D eigenvalue weighted by molar-refractivity contribution is 0.0435. The molecule has 0 unspecified atom stereocenters. The van der Waals surface area contributed by atoms with Crippen LogP contribution in [0.3, 0.4) is 0 Å². The van der Waals surface area contributed by atoms with E-state index in [1.54, 1.807) is 5.57 Å². The molecule has 3 nitrogen and oxygen atoms in total. The molecule has 0 aromatic rings. The molecule has 3 aliphatic rings. The fraction of sp³-hybridized carbons (Fsp3) is 0.800. The summed E-state index contributed by atoms with van der Waals surface area (Å²) in [7, 11) is 0. The van der Waals surface area contributed by atoms with Gasteiger partial charge in [0.2, 0.25) is 0 Å². The minimum Gasteiger partial charge on any atom is -0.390 e. The zero-order valence-electron chi connectivity index (χ0n) is 22.0. The highest BCUT2D eigenvalue weighted by molar-refractivity contribution is 5.36. The van der Waals surface area contributed by atoms with Gasteiger partial charge in [0.1, 0.15) is 0 Å². The number of hydrogen-bond acceptors (Lipinski definition) is 3. The fourth-order valence-corrected chi connectivity index (χ4v) is 7.13. The molecule has 3 aliphatic carbocycles. The highest BCUT2D eigenvalue weighted by Gasteiger charge is 2.50. The molecule has 0 aromatic heterocycles. The molecule has 188 valence electrons. The van der Waals surface area contributed by atoms with Gasteiger partial charge in [-0.1, -0.05) is 56.6 Å². The van der Waals surface area contributed by atoms with Crippen molar-refractivity contribution >= 4 is 0 Å². The van der Waals surface area contributed by atoms with Gasteiger partial charge in [-0.05, 0) is 113 Å². The third-order valence-corrected chi connectivity index (χ3v) is 9.04. The van der Waals surface area contributed by atoms with E-state index >= 15 is 0 Å². The van der Waals surface area contributed by atoms with E-state index in [4.69, 9.17) is 10.5 Å². The van der Waals surface area contributed by atoms with E-state index < -0.39 is 5.60 Å². The van der Waals surface area contributed by atoms with Crippen molar-refractivity contribution in [3.8, 4) is 0 Å². The number of hydrogen-bond donors (Lipinski definition) is 2. The maximum absolute atomic E-state index is 10.1. The Hall–Kier alpha value is -0.900. The number of rotatable bonds is 10. The molecule has 5 atom stereocenters. The van der Waals surface area contributed by atoms with Crippen molar-refractivity contribution in [1.29, 1.82) is 0 Å². The first-order valence-corrected chi connectivity index (χ1v) is 13.8. The third-order valence-electron chi connectivity index (χ3n) is 9.04. The normalized spacial score (nSPS) is 34.1. The average Bonchev–Trinajstić information content (AvgIpc) is 3.10. The molecule has 3 N–H and O–H groups in total. The first-order valence-electron chi connectivity index (χ1n) is 13.8. The molecule has 0 bridgehead atoms. The summed E-state index contributed by atoms with van der Waals surface area (Å²) in [4.78, 5) is 0. The maximum atomic E-state index is 10.1. The quantitative estimate of drug-likeness (QED) is 0.344. The largest absolute Gasteiger partial charge is 0.390 e. The van der Waals surface area contributed by atoms with Crippen LogP contribution in [0.1, 0.15) is 105 Å². The van der Waals surface area contributed by atoms with E-state index in [2.05, 4.69) is 32.6 Å². The van der Waals surface area contributed by atoms with Gasteiger partial charge >= 0.3 is 0 Å². The van der Waals surface area contributed by atoms with Crippen LogP contribution >= 0.6 is 0 Å². The van der Waals surface area contributed by atoms with Crippen molar-refractivity contribution in [3.05, 3.63) is 35.5 Å². The molecule has 0 heterocycles. The van der Waals surface area contributed by atoms with Crippen LogP contribution in [0, 0.1) is 23.2 Å². The Bertz CT molecular complexity index is 715. The Morgan fingerprint density at radius 2 is 2.00 bits per heavy atom. The van der Waals surface area contributed by atoms with Crippen molar-refractivity contribution in [3.63, 3.8) is 0 Å². The first kappa shape index (κ1) is 26.7. The standard InChI is InChI=1S/C30H51NO2/c1-22-11-14-26(33-20-8-19-31)21-25(22)13-12-24-10-7-18-30(5)27(15-16-28(24)30)23(2)9-6-17-29(3,4)32/h12-13,23,26-28,32H,1,6-11,14-21,31H2,2-5H3/b24-12+,25-13+/t23-,26+,27-,28+,30-/m1/s1. The minimum absolute atomic E-state index is 0.323. The molecule has 3 fully saturated rings. The van der Waals surface area contributed by atoms with E-state index in [1.807, 2.05) is 13.8 Å². The zero-order valence-corrected chi connectivity index (χ0v) is 22.0. The van der Waals surface area contributed by atoms with Gasteiger partial charge in [0, 0.05) is 6.61 Å². The monoisotopic (exact) mass is 457 g/mol. The summed E-state index contributed by atoms with van der Waals surface area (Å²) < 4.78 is 6.07. The number of aliphatic hydroxyl groups is 1. The number of ether oxygens (including phenoxy) is 1. The highest BCUT2D eigenvalue weighted by atomic mass is 16.5. The fourth-order valence-electron chi connectivity index (χ4n) is 7.13. The van der Waals surface area contributed by atoms with Gasteiger partial charge in [-0.15, -0.1) is 0 Å². The van der Waals surface area contributed by atoms with Gasteiger partial charge in [0.25, 0.3) is 0 Å². The second kappa shape index (κ2) is 11.7. The van der Waals surface area contributed by atoms with Gasteiger partial charge in [-0.3, -0.25) is 0 Å². The molecule has 3 heteroatoms. The van der Waals surface area contributed by atoms with Crippen LogP contribution in [0.15, 0.2) is 35.5 Å². The third kappa shape index (κ3) is 7.05. The van der Waals surface area contributed by atoms with Crippen molar-refractivity contribution in [2.45, 2.75) is 116 Å². The summed E-state index contributed by atoms with van der Waals surface area (Å²) >= 11 is 0. The Morgan fingerprint density at radius 1 is 1.21 bits per heavy atom. The lowest BCUT2D eigenvalue weighted by Gasteiger charge is -2.44. The summed E-state index contributed by atoms with van der Waals surface area (Å²) in [6.07, 6.45) is 19.2. The highest BCUT2D eigenvalue weighted by Crippen LogP contribution is 2.60. The predicted octanol–water partition coefficient (Wildman–Crippen LogP) is 7.11. The van der Waals surface area contributed by atoms with Crippen LogP contribution in [0.5, 0.6) is 0 Å². The molecule has 0 amide bonds. The van der Waals surface area contributed by atoms with Crippen LogP contribution in [-0.4, -0.2) is 30.0 Å². The lowest BCUT2D eigenvalue weighted by atomic mass is 9.60. The molecule has 0 aromatic carbocycles. The zero-order chi connectivity index (χ0) is 24.1. The molecule has 0 aliphatic heterocycles. The van der Waals surface area contributed by atoms with Crippen molar-refractivity contribution in [1.82, 2.24) is 0 Å². The van der Waals surface area contributed by atoms with E-state index in [-0.39, 0.29) is 0 Å². The summed E-state index contributed by atoms with van der Waals surface area (Å²) in [5.74, 6) is 2.29. The van der Waals surface area contributed by atoms with Gasteiger partial charge in [-0.25, -0.2) is 0 Å². The Morgan fingerprint density at radius 3 is 2.73 bits per heavy atom. The van der Waals surface area contributed by atoms with Gasteiger partial charge in [0.05, 0.1) is 11.7 Å². The minimum atomic E-state index is -0.534. The Labute approximate surface area is 203 Å². The predicted molar refractivity (Wildman–Crippen MR) is 140 cm³/mol.